The molecule has 1 saturated carbocycles. The molecule has 0 aromatic heterocycles. The Hall–Kier alpha value is -1.56. The average Bonchev–Trinajstić information content (AvgIpc) is 3.09. The minimum Gasteiger partial charge on any atom is -0.504 e. The third-order valence-electron chi connectivity index (χ3n) is 9.58. The molecule has 4 aliphatic carbocycles. The number of fused-ring (bicyclic) bond motifs is 1. The topological polar surface area (TPSA) is 62.2 Å². The van der Waals surface area contributed by atoms with Crippen LogP contribution in [0.2, 0.25) is 0 Å². The monoisotopic (exact) mass is 411 g/mol. The van der Waals surface area contributed by atoms with Crippen molar-refractivity contribution in [2.24, 2.45) is 11.3 Å². The first-order chi connectivity index (χ1) is 14.3. The highest BCUT2D eigenvalue weighted by Crippen LogP contribution is 2.75. The van der Waals surface area contributed by atoms with Gasteiger partial charge in [-0.2, -0.15) is 0 Å². The second kappa shape index (κ2) is 5.62. The van der Waals surface area contributed by atoms with Crippen LogP contribution in [0.5, 0.6) is 11.5 Å². The summed E-state index contributed by atoms with van der Waals surface area (Å²) in [5.41, 5.74) is 0.625. The lowest BCUT2D eigenvalue weighted by atomic mass is 9.36. The van der Waals surface area contributed by atoms with Crippen molar-refractivity contribution < 1.29 is 19.7 Å². The van der Waals surface area contributed by atoms with Crippen LogP contribution in [0.15, 0.2) is 24.3 Å². The van der Waals surface area contributed by atoms with Crippen LogP contribution in [-0.4, -0.2) is 59.2 Å². The van der Waals surface area contributed by atoms with E-state index in [1.165, 1.54) is 11.1 Å². The molecule has 5 heteroatoms. The smallest absolute Gasteiger partial charge is 0.165 e. The number of piperidine rings is 1. The molecule has 5 nitrogen and oxygen atoms in total. The van der Waals surface area contributed by atoms with Gasteiger partial charge in [0.2, 0.25) is 0 Å². The molecule has 2 aliphatic heterocycles. The Morgan fingerprint density at radius 2 is 2.13 bits per heavy atom. The highest BCUT2D eigenvalue weighted by atomic mass is 16.6. The van der Waals surface area contributed by atoms with Gasteiger partial charge in [0.1, 0.15) is 11.7 Å². The van der Waals surface area contributed by atoms with Gasteiger partial charge in [-0.15, -0.1) is 0 Å². The summed E-state index contributed by atoms with van der Waals surface area (Å²) in [6.45, 7) is 5.11. The minimum absolute atomic E-state index is 0.0647. The lowest BCUT2D eigenvalue weighted by molar-refractivity contribution is -0.247. The first kappa shape index (κ1) is 19.1. The summed E-state index contributed by atoms with van der Waals surface area (Å²) >= 11 is 0. The van der Waals surface area contributed by atoms with Gasteiger partial charge in [-0.1, -0.05) is 31.6 Å². The summed E-state index contributed by atoms with van der Waals surface area (Å²) in [7, 11) is 4.00. The Morgan fingerprint density at radius 3 is 2.87 bits per heavy atom. The molecular formula is C25H33NO4. The molecule has 1 unspecified atom stereocenters. The molecule has 4 bridgehead atoms. The number of likely N-dealkylation sites (tertiary alicyclic amines) is 1. The van der Waals surface area contributed by atoms with Gasteiger partial charge in [0.25, 0.3) is 0 Å². The Kier molecular flexibility index (Phi) is 3.59. The third-order valence-corrected chi connectivity index (χ3v) is 9.58. The van der Waals surface area contributed by atoms with Gasteiger partial charge in [0, 0.05) is 30.0 Å². The molecule has 2 fully saturated rings. The van der Waals surface area contributed by atoms with Crippen molar-refractivity contribution >= 4 is 0 Å². The molecule has 6 aliphatic rings. The van der Waals surface area contributed by atoms with E-state index in [4.69, 9.17) is 9.47 Å². The number of benzene rings is 1. The molecule has 0 amide bonds. The van der Waals surface area contributed by atoms with E-state index in [0.717, 1.165) is 38.6 Å². The molecule has 7 rings (SSSR count). The first-order valence-electron chi connectivity index (χ1n) is 11.5. The van der Waals surface area contributed by atoms with Crippen molar-refractivity contribution in [2.45, 2.75) is 74.7 Å². The van der Waals surface area contributed by atoms with Crippen LogP contribution >= 0.6 is 0 Å². The predicted molar refractivity (Wildman–Crippen MR) is 114 cm³/mol. The number of nitrogens with zero attached hydrogens (tertiary/aromatic N) is 1. The Morgan fingerprint density at radius 1 is 1.33 bits per heavy atom. The van der Waals surface area contributed by atoms with E-state index in [9.17, 15) is 10.2 Å². The van der Waals surface area contributed by atoms with Crippen LogP contribution in [0.25, 0.3) is 0 Å². The largest absolute Gasteiger partial charge is 0.504 e. The van der Waals surface area contributed by atoms with E-state index in [1.807, 2.05) is 6.92 Å². The van der Waals surface area contributed by atoms with Crippen LogP contribution in [0.1, 0.15) is 50.7 Å². The Balaban J connectivity index is 1.66. The van der Waals surface area contributed by atoms with Crippen molar-refractivity contribution in [3.8, 4) is 11.5 Å². The van der Waals surface area contributed by atoms with Gasteiger partial charge in [-0.05, 0) is 57.8 Å². The highest BCUT2D eigenvalue weighted by molar-refractivity contribution is 5.65. The molecule has 1 aromatic rings. The van der Waals surface area contributed by atoms with Crippen molar-refractivity contribution in [2.75, 3.05) is 20.7 Å². The zero-order valence-electron chi connectivity index (χ0n) is 18.4. The molecule has 30 heavy (non-hydrogen) atoms. The predicted octanol–water partition coefficient (Wildman–Crippen LogP) is 3.16. The van der Waals surface area contributed by atoms with Crippen molar-refractivity contribution in [1.82, 2.24) is 4.90 Å². The molecule has 2 spiro atoms. The zero-order valence-corrected chi connectivity index (χ0v) is 18.4. The molecule has 2 heterocycles. The second-order valence-corrected chi connectivity index (χ2v) is 10.7. The van der Waals surface area contributed by atoms with Gasteiger partial charge in [0.15, 0.2) is 11.5 Å². The van der Waals surface area contributed by atoms with Gasteiger partial charge in [0.05, 0.1) is 11.0 Å². The van der Waals surface area contributed by atoms with Gasteiger partial charge in [-0.3, -0.25) is 0 Å². The van der Waals surface area contributed by atoms with Crippen molar-refractivity contribution in [1.29, 1.82) is 0 Å². The molecule has 7 atom stereocenters. The second-order valence-electron chi connectivity index (χ2n) is 10.7. The van der Waals surface area contributed by atoms with Gasteiger partial charge in [-0.25, -0.2) is 0 Å². The number of ether oxygens (including phenoxy) is 2. The fourth-order valence-electron chi connectivity index (χ4n) is 8.44. The number of aliphatic hydroxyl groups is 1. The van der Waals surface area contributed by atoms with E-state index >= 15 is 0 Å². The maximum absolute atomic E-state index is 11.7. The normalized spacial score (nSPS) is 44.5. The van der Waals surface area contributed by atoms with Gasteiger partial charge < -0.3 is 24.6 Å². The summed E-state index contributed by atoms with van der Waals surface area (Å²) in [4.78, 5) is 2.51. The van der Waals surface area contributed by atoms with Crippen LogP contribution in [0.3, 0.4) is 0 Å². The number of aromatic hydroxyl groups is 1. The first-order valence-corrected chi connectivity index (χ1v) is 11.5. The van der Waals surface area contributed by atoms with E-state index in [-0.39, 0.29) is 28.6 Å². The molecule has 2 N–H and O–H groups in total. The minimum atomic E-state index is -0.850. The number of rotatable bonds is 4. The number of hydrogen-bond donors (Lipinski definition) is 2. The Bertz CT molecular complexity index is 957. The number of hydrogen-bond acceptors (Lipinski definition) is 5. The maximum Gasteiger partial charge on any atom is 0.165 e. The van der Waals surface area contributed by atoms with E-state index in [2.05, 4.69) is 37.1 Å². The van der Waals surface area contributed by atoms with Crippen molar-refractivity contribution in [3.05, 3.63) is 35.4 Å². The molecular weight excluding hydrogens is 378 g/mol. The van der Waals surface area contributed by atoms with Crippen LogP contribution in [0.4, 0.5) is 0 Å². The maximum atomic E-state index is 11.7. The third kappa shape index (κ3) is 1.80. The fourth-order valence-corrected chi connectivity index (χ4v) is 8.44. The van der Waals surface area contributed by atoms with E-state index < -0.39 is 11.2 Å². The average molecular weight is 412 g/mol. The number of phenolic OH excluding ortho intramolecular Hbond substituents is 1. The highest BCUT2D eigenvalue weighted by Gasteiger charge is 2.80. The summed E-state index contributed by atoms with van der Waals surface area (Å²) in [6, 6.07) is 4.23. The van der Waals surface area contributed by atoms with Crippen molar-refractivity contribution in [3.63, 3.8) is 0 Å². The van der Waals surface area contributed by atoms with Crippen LogP contribution < -0.4 is 4.74 Å². The summed E-state index contributed by atoms with van der Waals surface area (Å²) in [6.07, 6.45) is 8.86. The molecule has 162 valence electrons. The Labute approximate surface area is 178 Å². The standard InChI is InChI=1S/C25H33NO4/c1-5-8-22(2,28)17-14-23-9-10-25(17,29-4)21-24(23)11-12-26(3)18(23)13-15-6-7-16(27)20(30-21)19(15)24/h6-7,9-10,17-18,21,27-28H,5,8,11-14H2,1-4H3/t17-,18+,21+,22?,23-,24-,25+/m0/s1. The molecule has 1 saturated heterocycles. The number of phenols is 1. The van der Waals surface area contributed by atoms with Gasteiger partial charge >= 0.3 is 0 Å². The molecule has 1 aromatic carbocycles. The molecule has 0 radical (unpaired) electrons. The quantitative estimate of drug-likeness (QED) is 0.746. The number of methoxy groups -OCH3 is 1. The van der Waals surface area contributed by atoms with E-state index in [0.29, 0.717) is 11.8 Å². The van der Waals surface area contributed by atoms with Crippen LogP contribution in [0, 0.1) is 11.3 Å². The van der Waals surface area contributed by atoms with Crippen LogP contribution in [-0.2, 0) is 16.6 Å². The number of likely N-dealkylation sites (N-methyl/N-ethyl adjacent to an activating group) is 1. The SMILES string of the molecule is CCCC(C)(O)[C@@H]1C[C@]23C=C[C@]1(OC)[C@@H]1Oc4c(O)ccc5c4[C@@]12CCN(C)[C@@H]3C5. The summed E-state index contributed by atoms with van der Waals surface area (Å²) < 4.78 is 13.1. The lowest BCUT2D eigenvalue weighted by Crippen LogP contribution is -2.80. The fraction of sp³-hybridized carbons (Fsp3) is 0.680. The lowest BCUT2D eigenvalue weighted by Gasteiger charge is -2.72. The zero-order chi connectivity index (χ0) is 21.1. The van der Waals surface area contributed by atoms with E-state index in [1.54, 1.807) is 13.2 Å². The summed E-state index contributed by atoms with van der Waals surface area (Å²) in [5.74, 6) is 0.823. The summed E-state index contributed by atoms with van der Waals surface area (Å²) in [5, 5.41) is 22.4.